The van der Waals surface area contributed by atoms with Gasteiger partial charge in [-0.2, -0.15) is 0 Å². The fourth-order valence-corrected chi connectivity index (χ4v) is 2.68. The zero-order chi connectivity index (χ0) is 15.4. The Bertz CT molecular complexity index is 649. The number of benzene rings is 1. The van der Waals surface area contributed by atoms with Gasteiger partial charge in [-0.3, -0.25) is 0 Å². The van der Waals surface area contributed by atoms with Gasteiger partial charge in [0.05, 0.1) is 0 Å². The van der Waals surface area contributed by atoms with Crippen LogP contribution in [-0.2, 0) is 6.42 Å². The van der Waals surface area contributed by atoms with Gasteiger partial charge in [-0.25, -0.2) is 24.6 Å². The molecule has 2 rings (SSSR count). The second-order valence-corrected chi connectivity index (χ2v) is 5.52. The van der Waals surface area contributed by atoms with E-state index in [1.807, 2.05) is 6.92 Å². The molecule has 0 spiro atoms. The van der Waals surface area contributed by atoms with Gasteiger partial charge in [-0.1, -0.05) is 18.7 Å². The molecule has 3 N–H and O–H groups in total. The summed E-state index contributed by atoms with van der Waals surface area (Å²) in [7, 11) is 0. The summed E-state index contributed by atoms with van der Waals surface area (Å²) in [5.74, 6) is 5.39. The Kier molecular flexibility index (Phi) is 5.08. The molecule has 21 heavy (non-hydrogen) atoms. The van der Waals surface area contributed by atoms with Crippen molar-refractivity contribution in [3.05, 3.63) is 41.2 Å². The molecule has 2 aromatic rings. The lowest BCUT2D eigenvalue weighted by atomic mass is 10.3. The highest BCUT2D eigenvalue weighted by molar-refractivity contribution is 7.99. The molecule has 1 aromatic carbocycles. The van der Waals surface area contributed by atoms with E-state index < -0.39 is 11.6 Å². The SMILES string of the molecule is CCCc1nc(NN)c(C)c(Sc2ccc(F)cc2F)n1. The fraction of sp³-hybridized carbons (Fsp3) is 0.286. The number of aryl methyl sites for hydroxylation is 1. The highest BCUT2D eigenvalue weighted by Gasteiger charge is 2.14. The third-order valence-corrected chi connectivity index (χ3v) is 4.00. The first-order chi connectivity index (χ1) is 10.0. The molecule has 112 valence electrons. The maximum Gasteiger partial charge on any atom is 0.147 e. The molecule has 7 heteroatoms. The molecule has 0 bridgehead atoms. The monoisotopic (exact) mass is 310 g/mol. The van der Waals surface area contributed by atoms with Crippen LogP contribution in [0.2, 0.25) is 0 Å². The molecule has 1 heterocycles. The minimum atomic E-state index is -0.614. The van der Waals surface area contributed by atoms with Crippen LogP contribution >= 0.6 is 11.8 Å². The molecular formula is C14H16F2N4S. The summed E-state index contributed by atoms with van der Waals surface area (Å²) < 4.78 is 26.7. The predicted molar refractivity (Wildman–Crippen MR) is 79.1 cm³/mol. The van der Waals surface area contributed by atoms with E-state index in [2.05, 4.69) is 15.4 Å². The highest BCUT2D eigenvalue weighted by atomic mass is 32.2. The van der Waals surface area contributed by atoms with Crippen molar-refractivity contribution in [2.45, 2.75) is 36.6 Å². The number of hydrazine groups is 1. The molecule has 0 radical (unpaired) electrons. The van der Waals surface area contributed by atoms with Crippen molar-refractivity contribution >= 4 is 17.6 Å². The Hall–Kier alpha value is -1.73. The maximum atomic E-state index is 13.8. The zero-order valence-corrected chi connectivity index (χ0v) is 12.6. The second-order valence-electron chi connectivity index (χ2n) is 4.49. The topological polar surface area (TPSA) is 63.8 Å². The first-order valence-electron chi connectivity index (χ1n) is 6.52. The fourth-order valence-electron chi connectivity index (χ4n) is 1.78. The number of nitrogens with two attached hydrogens (primary N) is 1. The number of anilines is 1. The Morgan fingerprint density at radius 3 is 2.67 bits per heavy atom. The van der Waals surface area contributed by atoms with E-state index in [0.717, 1.165) is 29.8 Å². The van der Waals surface area contributed by atoms with Crippen molar-refractivity contribution in [3.8, 4) is 0 Å². The van der Waals surface area contributed by atoms with Crippen LogP contribution < -0.4 is 11.3 Å². The van der Waals surface area contributed by atoms with Crippen LogP contribution in [0, 0.1) is 18.6 Å². The summed E-state index contributed by atoms with van der Waals surface area (Å²) >= 11 is 1.13. The summed E-state index contributed by atoms with van der Waals surface area (Å²) in [5, 5.41) is 0.604. The quantitative estimate of drug-likeness (QED) is 0.503. The van der Waals surface area contributed by atoms with Crippen molar-refractivity contribution in [1.29, 1.82) is 0 Å². The molecule has 0 atom stereocenters. The standard InChI is InChI=1S/C14H16F2N4S/c1-3-4-12-18-13(20-17)8(2)14(19-12)21-11-6-5-9(15)7-10(11)16/h5-7H,3-4,17H2,1-2H3,(H,18,19,20). The van der Waals surface area contributed by atoms with E-state index in [0.29, 0.717) is 28.0 Å². The molecule has 0 aliphatic carbocycles. The van der Waals surface area contributed by atoms with Gasteiger partial charge in [0.15, 0.2) is 0 Å². The van der Waals surface area contributed by atoms with E-state index in [9.17, 15) is 8.78 Å². The average Bonchev–Trinajstić information content (AvgIpc) is 2.45. The van der Waals surface area contributed by atoms with Crippen molar-refractivity contribution in [3.63, 3.8) is 0 Å². The van der Waals surface area contributed by atoms with Gasteiger partial charge in [0.2, 0.25) is 0 Å². The van der Waals surface area contributed by atoms with Crippen molar-refractivity contribution < 1.29 is 8.78 Å². The van der Waals surface area contributed by atoms with Crippen molar-refractivity contribution in [2.75, 3.05) is 5.43 Å². The molecule has 1 aromatic heterocycles. The minimum absolute atomic E-state index is 0.309. The molecule has 0 amide bonds. The Labute approximate surface area is 126 Å². The predicted octanol–water partition coefficient (Wildman–Crippen LogP) is 3.45. The molecular weight excluding hydrogens is 294 g/mol. The first kappa shape index (κ1) is 15.7. The normalized spacial score (nSPS) is 10.7. The van der Waals surface area contributed by atoms with Gasteiger partial charge in [-0.15, -0.1) is 0 Å². The largest absolute Gasteiger partial charge is 0.308 e. The van der Waals surface area contributed by atoms with Crippen LogP contribution in [0.5, 0.6) is 0 Å². The Morgan fingerprint density at radius 1 is 1.29 bits per heavy atom. The van der Waals surface area contributed by atoms with Gasteiger partial charge < -0.3 is 5.43 Å². The van der Waals surface area contributed by atoms with Crippen molar-refractivity contribution in [1.82, 2.24) is 9.97 Å². The van der Waals surface area contributed by atoms with E-state index in [4.69, 9.17) is 5.84 Å². The van der Waals surface area contributed by atoms with Crippen LogP contribution in [0.1, 0.15) is 24.7 Å². The second kappa shape index (κ2) is 6.82. The van der Waals surface area contributed by atoms with E-state index in [1.54, 1.807) is 6.92 Å². The van der Waals surface area contributed by atoms with Gasteiger partial charge >= 0.3 is 0 Å². The van der Waals surface area contributed by atoms with Crippen LogP contribution in [-0.4, -0.2) is 9.97 Å². The van der Waals surface area contributed by atoms with Crippen molar-refractivity contribution in [2.24, 2.45) is 5.84 Å². The number of nitrogens with zero attached hydrogens (tertiary/aromatic N) is 2. The lowest BCUT2D eigenvalue weighted by Crippen LogP contribution is -2.13. The Morgan fingerprint density at radius 2 is 2.05 bits per heavy atom. The lowest BCUT2D eigenvalue weighted by molar-refractivity contribution is 0.565. The number of halogens is 2. The number of hydrogen-bond acceptors (Lipinski definition) is 5. The summed E-state index contributed by atoms with van der Waals surface area (Å²) in [6, 6.07) is 3.47. The number of nitrogens with one attached hydrogen (secondary N) is 1. The number of nitrogen functional groups attached to an aromatic ring is 1. The molecule has 0 saturated carbocycles. The lowest BCUT2D eigenvalue weighted by Gasteiger charge is -2.11. The molecule has 0 unspecified atom stereocenters. The smallest absolute Gasteiger partial charge is 0.147 e. The third-order valence-electron chi connectivity index (χ3n) is 2.86. The highest BCUT2D eigenvalue weighted by Crippen LogP contribution is 2.33. The Balaban J connectivity index is 2.40. The molecule has 0 fully saturated rings. The maximum absolute atomic E-state index is 13.8. The first-order valence-corrected chi connectivity index (χ1v) is 7.33. The third kappa shape index (κ3) is 3.68. The van der Waals surface area contributed by atoms with E-state index >= 15 is 0 Å². The van der Waals surface area contributed by atoms with Gasteiger partial charge in [0.25, 0.3) is 0 Å². The molecule has 0 saturated heterocycles. The summed E-state index contributed by atoms with van der Waals surface area (Å²) in [5.41, 5.74) is 3.25. The van der Waals surface area contributed by atoms with Crippen LogP contribution in [0.25, 0.3) is 0 Å². The van der Waals surface area contributed by atoms with E-state index in [1.165, 1.54) is 12.1 Å². The molecule has 4 nitrogen and oxygen atoms in total. The zero-order valence-electron chi connectivity index (χ0n) is 11.8. The number of rotatable bonds is 5. The van der Waals surface area contributed by atoms with Crippen LogP contribution in [0.15, 0.2) is 28.1 Å². The summed E-state index contributed by atoms with van der Waals surface area (Å²) in [4.78, 5) is 9.04. The summed E-state index contributed by atoms with van der Waals surface area (Å²) in [6.45, 7) is 3.82. The minimum Gasteiger partial charge on any atom is -0.308 e. The number of aromatic nitrogens is 2. The van der Waals surface area contributed by atoms with E-state index in [-0.39, 0.29) is 0 Å². The van der Waals surface area contributed by atoms with Gasteiger partial charge in [-0.05, 0) is 25.5 Å². The van der Waals surface area contributed by atoms with Gasteiger partial charge in [0, 0.05) is 22.9 Å². The van der Waals surface area contributed by atoms with Crippen LogP contribution in [0.3, 0.4) is 0 Å². The summed E-state index contributed by atoms with van der Waals surface area (Å²) in [6.07, 6.45) is 1.59. The van der Waals surface area contributed by atoms with Gasteiger partial charge in [0.1, 0.15) is 28.3 Å². The molecule has 0 aliphatic rings. The van der Waals surface area contributed by atoms with Crippen LogP contribution in [0.4, 0.5) is 14.6 Å². The number of hydrogen-bond donors (Lipinski definition) is 2. The molecule has 0 aliphatic heterocycles. The average molecular weight is 310 g/mol.